The van der Waals surface area contributed by atoms with E-state index in [4.69, 9.17) is 4.74 Å². The zero-order valence-corrected chi connectivity index (χ0v) is 16.4. The first-order valence-electron chi connectivity index (χ1n) is 9.18. The summed E-state index contributed by atoms with van der Waals surface area (Å²) in [5.74, 6) is 1.36. The third-order valence-corrected chi connectivity index (χ3v) is 5.46. The zero-order chi connectivity index (χ0) is 19.2. The summed E-state index contributed by atoms with van der Waals surface area (Å²) < 4.78 is 5.48. The lowest BCUT2D eigenvalue weighted by Crippen LogP contribution is -2.27. The highest BCUT2D eigenvalue weighted by atomic mass is 32.2. The van der Waals surface area contributed by atoms with Crippen molar-refractivity contribution in [3.05, 3.63) is 54.1 Å². The van der Waals surface area contributed by atoms with Gasteiger partial charge >= 0.3 is 0 Å². The maximum Gasteiger partial charge on any atom is 0.238 e. The molecule has 0 unspecified atom stereocenters. The SMILES string of the molecule is CCCC(=O)Nc1ccc([C@H]2SCC(=O)N2c2ccc(OCC)cc2)cc1. The van der Waals surface area contributed by atoms with Gasteiger partial charge in [0.25, 0.3) is 0 Å². The third kappa shape index (κ3) is 4.63. The predicted molar refractivity (Wildman–Crippen MR) is 110 cm³/mol. The van der Waals surface area contributed by atoms with Gasteiger partial charge in [0.05, 0.1) is 12.4 Å². The molecule has 1 atom stereocenters. The number of carbonyl (C=O) groups excluding carboxylic acids is 2. The van der Waals surface area contributed by atoms with Crippen LogP contribution in [0.25, 0.3) is 0 Å². The Hall–Kier alpha value is -2.47. The third-order valence-electron chi connectivity index (χ3n) is 4.25. The fourth-order valence-corrected chi connectivity index (χ4v) is 4.18. The number of nitrogens with one attached hydrogen (secondary N) is 1. The van der Waals surface area contributed by atoms with Crippen molar-refractivity contribution < 1.29 is 14.3 Å². The Morgan fingerprint density at radius 1 is 1.15 bits per heavy atom. The maximum atomic E-state index is 12.5. The van der Waals surface area contributed by atoms with Crippen LogP contribution in [0, 0.1) is 0 Å². The number of anilines is 2. The average molecular weight is 385 g/mol. The summed E-state index contributed by atoms with van der Waals surface area (Å²) >= 11 is 1.61. The normalized spacial score (nSPS) is 16.4. The number of benzene rings is 2. The average Bonchev–Trinajstić information content (AvgIpc) is 3.05. The molecule has 0 aromatic heterocycles. The number of carbonyl (C=O) groups is 2. The second-order valence-electron chi connectivity index (χ2n) is 6.27. The summed E-state index contributed by atoms with van der Waals surface area (Å²) in [6.07, 6.45) is 1.34. The topological polar surface area (TPSA) is 58.6 Å². The molecule has 1 saturated heterocycles. The Labute approximate surface area is 164 Å². The highest BCUT2D eigenvalue weighted by Crippen LogP contribution is 2.42. The van der Waals surface area contributed by atoms with Crippen LogP contribution in [-0.2, 0) is 9.59 Å². The molecular formula is C21H24N2O3S. The lowest BCUT2D eigenvalue weighted by molar-refractivity contribution is -0.116. The largest absolute Gasteiger partial charge is 0.494 e. The summed E-state index contributed by atoms with van der Waals surface area (Å²) in [6, 6.07) is 15.3. The molecule has 0 bridgehead atoms. The molecule has 142 valence electrons. The molecule has 27 heavy (non-hydrogen) atoms. The Morgan fingerprint density at radius 3 is 2.48 bits per heavy atom. The highest BCUT2D eigenvalue weighted by molar-refractivity contribution is 8.00. The molecule has 2 aromatic carbocycles. The van der Waals surface area contributed by atoms with E-state index in [-0.39, 0.29) is 17.2 Å². The minimum absolute atomic E-state index is 0.0201. The number of ether oxygens (including phenoxy) is 1. The highest BCUT2D eigenvalue weighted by Gasteiger charge is 2.34. The van der Waals surface area contributed by atoms with Crippen molar-refractivity contribution in [3.63, 3.8) is 0 Å². The summed E-state index contributed by atoms with van der Waals surface area (Å²) in [5.41, 5.74) is 2.67. The molecule has 5 nitrogen and oxygen atoms in total. The predicted octanol–water partition coefficient (Wildman–Crippen LogP) is 4.60. The Balaban J connectivity index is 1.76. The molecule has 0 radical (unpaired) electrons. The molecular weight excluding hydrogens is 360 g/mol. The van der Waals surface area contributed by atoms with Gasteiger partial charge in [0.15, 0.2) is 0 Å². The molecule has 1 N–H and O–H groups in total. The van der Waals surface area contributed by atoms with Gasteiger partial charge in [0.2, 0.25) is 11.8 Å². The molecule has 2 amide bonds. The van der Waals surface area contributed by atoms with Crippen LogP contribution in [0.1, 0.15) is 37.6 Å². The van der Waals surface area contributed by atoms with E-state index < -0.39 is 0 Å². The van der Waals surface area contributed by atoms with Gasteiger partial charge < -0.3 is 10.1 Å². The van der Waals surface area contributed by atoms with E-state index in [2.05, 4.69) is 5.32 Å². The van der Waals surface area contributed by atoms with E-state index in [1.165, 1.54) is 0 Å². The monoisotopic (exact) mass is 384 g/mol. The molecule has 1 aliphatic heterocycles. The first-order chi connectivity index (χ1) is 13.1. The van der Waals surface area contributed by atoms with Gasteiger partial charge in [-0.15, -0.1) is 11.8 Å². The van der Waals surface area contributed by atoms with E-state index in [0.717, 1.165) is 29.1 Å². The minimum Gasteiger partial charge on any atom is -0.494 e. The lowest BCUT2D eigenvalue weighted by atomic mass is 10.1. The number of thioether (sulfide) groups is 1. The second kappa shape index (κ2) is 8.95. The van der Waals surface area contributed by atoms with Crippen molar-refractivity contribution in [1.29, 1.82) is 0 Å². The van der Waals surface area contributed by atoms with E-state index in [9.17, 15) is 9.59 Å². The first kappa shape index (κ1) is 19.3. The number of nitrogens with zero attached hydrogens (tertiary/aromatic N) is 1. The van der Waals surface area contributed by atoms with Gasteiger partial charge in [-0.25, -0.2) is 0 Å². The molecule has 1 fully saturated rings. The van der Waals surface area contributed by atoms with Crippen LogP contribution < -0.4 is 15.0 Å². The molecule has 0 saturated carbocycles. The van der Waals surface area contributed by atoms with Crippen LogP contribution in [0.4, 0.5) is 11.4 Å². The molecule has 6 heteroatoms. The number of hydrogen-bond donors (Lipinski definition) is 1. The maximum absolute atomic E-state index is 12.5. The summed E-state index contributed by atoms with van der Waals surface area (Å²) in [5, 5.41) is 2.82. The van der Waals surface area contributed by atoms with Crippen molar-refractivity contribution in [2.45, 2.75) is 32.1 Å². The van der Waals surface area contributed by atoms with Crippen LogP contribution in [0.2, 0.25) is 0 Å². The van der Waals surface area contributed by atoms with Gasteiger partial charge in [-0.3, -0.25) is 14.5 Å². The molecule has 0 aliphatic carbocycles. The zero-order valence-electron chi connectivity index (χ0n) is 15.6. The second-order valence-corrected chi connectivity index (χ2v) is 7.34. The van der Waals surface area contributed by atoms with Crippen LogP contribution in [0.15, 0.2) is 48.5 Å². The van der Waals surface area contributed by atoms with Gasteiger partial charge in [-0.2, -0.15) is 0 Å². The van der Waals surface area contributed by atoms with Crippen molar-refractivity contribution in [2.24, 2.45) is 0 Å². The number of hydrogen-bond acceptors (Lipinski definition) is 4. The lowest BCUT2D eigenvalue weighted by Gasteiger charge is -2.24. The van der Waals surface area contributed by atoms with Crippen LogP contribution in [0.3, 0.4) is 0 Å². The standard InChI is InChI=1S/C21H24N2O3S/c1-3-5-19(24)22-16-8-6-15(7-9-16)21-23(20(25)14-27-21)17-10-12-18(13-11-17)26-4-2/h6-13,21H,3-5,14H2,1-2H3,(H,22,24)/t21-/m1/s1. The van der Waals surface area contributed by atoms with E-state index in [1.807, 2.05) is 67.3 Å². The first-order valence-corrected chi connectivity index (χ1v) is 10.2. The van der Waals surface area contributed by atoms with Crippen LogP contribution in [-0.4, -0.2) is 24.2 Å². The van der Waals surface area contributed by atoms with Gasteiger partial charge in [0.1, 0.15) is 11.1 Å². The molecule has 1 aliphatic rings. The molecule has 0 spiro atoms. The Bertz CT molecular complexity index is 790. The van der Waals surface area contributed by atoms with Crippen LogP contribution >= 0.6 is 11.8 Å². The molecule has 1 heterocycles. The fraction of sp³-hybridized carbons (Fsp3) is 0.333. The molecule has 2 aromatic rings. The minimum atomic E-state index is -0.0733. The van der Waals surface area contributed by atoms with E-state index >= 15 is 0 Å². The van der Waals surface area contributed by atoms with E-state index in [0.29, 0.717) is 18.8 Å². The van der Waals surface area contributed by atoms with Gasteiger partial charge in [0, 0.05) is 17.8 Å². The Kier molecular flexibility index (Phi) is 6.40. The Morgan fingerprint density at radius 2 is 1.85 bits per heavy atom. The number of rotatable bonds is 7. The van der Waals surface area contributed by atoms with Crippen LogP contribution in [0.5, 0.6) is 5.75 Å². The summed E-state index contributed by atoms with van der Waals surface area (Å²) in [6.45, 7) is 4.53. The van der Waals surface area contributed by atoms with E-state index in [1.54, 1.807) is 11.8 Å². The van der Waals surface area contributed by atoms with Gasteiger partial charge in [-0.1, -0.05) is 19.1 Å². The summed E-state index contributed by atoms with van der Waals surface area (Å²) in [4.78, 5) is 26.0. The fourth-order valence-electron chi connectivity index (χ4n) is 3.00. The van der Waals surface area contributed by atoms with Crippen molar-refractivity contribution in [3.8, 4) is 5.75 Å². The van der Waals surface area contributed by atoms with Crippen molar-refractivity contribution in [1.82, 2.24) is 0 Å². The smallest absolute Gasteiger partial charge is 0.238 e. The quantitative estimate of drug-likeness (QED) is 0.758. The van der Waals surface area contributed by atoms with Gasteiger partial charge in [-0.05, 0) is 55.3 Å². The molecule has 3 rings (SSSR count). The summed E-state index contributed by atoms with van der Waals surface area (Å²) in [7, 11) is 0. The van der Waals surface area contributed by atoms with Crippen molar-refractivity contribution in [2.75, 3.05) is 22.6 Å². The van der Waals surface area contributed by atoms with Crippen molar-refractivity contribution >= 4 is 35.0 Å². The number of amides is 2.